The Morgan fingerprint density at radius 2 is 2.12 bits per heavy atom. The van der Waals surface area contributed by atoms with Crippen LogP contribution < -0.4 is 10.1 Å². The van der Waals surface area contributed by atoms with Crippen molar-refractivity contribution >= 4 is 5.91 Å². The number of carbonyl (C=O) groups excluding carboxylic acids is 1. The molecule has 0 aliphatic heterocycles. The minimum atomic E-state index is -1.25. The number of carbonyl (C=O) groups is 1. The third-order valence-electron chi connectivity index (χ3n) is 3.79. The van der Waals surface area contributed by atoms with Crippen molar-refractivity contribution in [2.75, 3.05) is 6.61 Å². The van der Waals surface area contributed by atoms with E-state index in [9.17, 15) is 9.90 Å². The Hall–Kier alpha value is -3.26. The number of aliphatic hydroxyl groups is 1. The first-order chi connectivity index (χ1) is 12.6. The average Bonchev–Trinajstić information content (AvgIpc) is 3.20. The number of H-pyrrole nitrogens is 1. The number of ether oxygens (including phenoxy) is 1. The summed E-state index contributed by atoms with van der Waals surface area (Å²) in [5.74, 6) is 0.626. The largest absolute Gasteiger partial charge is 0.490 e. The smallest absolute Gasteiger partial charge is 0.252 e. The van der Waals surface area contributed by atoms with Crippen LogP contribution in [0.15, 0.2) is 48.5 Å². The fraction of sp³-hybridized carbons (Fsp3) is 0.222. The average molecular weight is 353 g/mol. The van der Waals surface area contributed by atoms with Crippen molar-refractivity contribution in [2.45, 2.75) is 19.6 Å². The van der Waals surface area contributed by atoms with E-state index in [1.807, 2.05) is 49.4 Å². The summed E-state index contributed by atoms with van der Waals surface area (Å²) in [6, 6.07) is 14.8. The molecule has 3 aromatic rings. The van der Waals surface area contributed by atoms with Crippen molar-refractivity contribution in [3.05, 3.63) is 59.7 Å². The van der Waals surface area contributed by atoms with Crippen LogP contribution in [-0.2, 0) is 11.3 Å². The minimum absolute atomic E-state index is 0.112. The highest BCUT2D eigenvalue weighted by molar-refractivity contribution is 5.80. The molecule has 3 rings (SSSR count). The fourth-order valence-electron chi connectivity index (χ4n) is 2.37. The number of aromatic amines is 1. The van der Waals surface area contributed by atoms with Gasteiger partial charge in [0.25, 0.3) is 5.91 Å². The number of rotatable bonds is 7. The molecular formula is C18H19N5O3. The van der Waals surface area contributed by atoms with Crippen molar-refractivity contribution < 1.29 is 14.6 Å². The van der Waals surface area contributed by atoms with E-state index in [1.54, 1.807) is 6.07 Å². The summed E-state index contributed by atoms with van der Waals surface area (Å²) in [6.07, 6.45) is -1.25. The van der Waals surface area contributed by atoms with Gasteiger partial charge in [-0.2, -0.15) is 5.21 Å². The van der Waals surface area contributed by atoms with E-state index in [4.69, 9.17) is 4.74 Å². The number of nitrogens with one attached hydrogen (secondary N) is 2. The summed E-state index contributed by atoms with van der Waals surface area (Å²) in [5.41, 5.74) is 2.58. The normalized spacial score (nSPS) is 11.8. The number of aryl methyl sites for hydroxylation is 1. The molecular weight excluding hydrogens is 334 g/mol. The highest BCUT2D eigenvalue weighted by Crippen LogP contribution is 2.16. The maximum atomic E-state index is 12.1. The molecule has 8 heteroatoms. The monoisotopic (exact) mass is 353 g/mol. The minimum Gasteiger partial charge on any atom is -0.490 e. The highest BCUT2D eigenvalue weighted by atomic mass is 16.5. The molecule has 1 aromatic heterocycles. The predicted molar refractivity (Wildman–Crippen MR) is 94.1 cm³/mol. The molecule has 8 nitrogen and oxygen atoms in total. The van der Waals surface area contributed by atoms with Gasteiger partial charge >= 0.3 is 0 Å². The van der Waals surface area contributed by atoms with Crippen LogP contribution >= 0.6 is 0 Å². The van der Waals surface area contributed by atoms with Crippen LogP contribution in [-0.4, -0.2) is 44.3 Å². The molecule has 1 heterocycles. The molecule has 0 saturated carbocycles. The first kappa shape index (κ1) is 17.6. The van der Waals surface area contributed by atoms with Gasteiger partial charge in [0, 0.05) is 12.1 Å². The molecule has 0 unspecified atom stereocenters. The van der Waals surface area contributed by atoms with Crippen LogP contribution in [0.4, 0.5) is 0 Å². The van der Waals surface area contributed by atoms with Gasteiger partial charge in [0.05, 0.1) is 0 Å². The Bertz CT molecular complexity index is 867. The Morgan fingerprint density at radius 1 is 1.27 bits per heavy atom. The van der Waals surface area contributed by atoms with Gasteiger partial charge in [0.1, 0.15) is 12.4 Å². The number of hydrogen-bond acceptors (Lipinski definition) is 6. The molecule has 0 saturated heterocycles. The zero-order valence-corrected chi connectivity index (χ0v) is 14.2. The maximum Gasteiger partial charge on any atom is 0.252 e. The molecule has 2 aromatic carbocycles. The van der Waals surface area contributed by atoms with Crippen LogP contribution in [0.5, 0.6) is 5.75 Å². The Labute approximate surface area is 150 Å². The SMILES string of the molecule is Cc1ccccc1OC[C@@H](O)C(=O)NCc1cccc(-c2nn[nH]n2)c1. The van der Waals surface area contributed by atoms with Gasteiger partial charge in [-0.05, 0) is 35.4 Å². The third-order valence-corrected chi connectivity index (χ3v) is 3.79. The predicted octanol–water partition coefficient (Wildman–Crippen LogP) is 1.23. The zero-order valence-electron chi connectivity index (χ0n) is 14.2. The summed E-state index contributed by atoms with van der Waals surface area (Å²) in [6.45, 7) is 2.06. The van der Waals surface area contributed by atoms with Crippen molar-refractivity contribution in [2.24, 2.45) is 0 Å². The summed E-state index contributed by atoms with van der Waals surface area (Å²) < 4.78 is 5.50. The van der Waals surface area contributed by atoms with Gasteiger partial charge in [-0.1, -0.05) is 36.4 Å². The van der Waals surface area contributed by atoms with Crippen LogP contribution in [0.3, 0.4) is 0 Å². The molecule has 0 radical (unpaired) electrons. The second kappa shape index (κ2) is 8.21. The lowest BCUT2D eigenvalue weighted by Gasteiger charge is -2.14. The van der Waals surface area contributed by atoms with Crippen molar-refractivity contribution in [1.29, 1.82) is 0 Å². The zero-order chi connectivity index (χ0) is 18.4. The summed E-state index contributed by atoms with van der Waals surface area (Å²) >= 11 is 0. The summed E-state index contributed by atoms with van der Waals surface area (Å²) in [4.78, 5) is 12.1. The molecule has 0 spiro atoms. The lowest BCUT2D eigenvalue weighted by Crippen LogP contribution is -2.37. The second-order valence-corrected chi connectivity index (χ2v) is 5.75. The standard InChI is InChI=1S/C18H19N5O3/c1-12-5-2-3-8-16(12)26-11-15(24)18(25)19-10-13-6-4-7-14(9-13)17-20-22-23-21-17/h2-9,15,24H,10-11H2,1H3,(H,19,25)(H,20,21,22,23)/t15-/m1/s1. The van der Waals surface area contributed by atoms with Gasteiger partial charge in [0.15, 0.2) is 6.10 Å². The van der Waals surface area contributed by atoms with Crippen molar-refractivity contribution in [1.82, 2.24) is 25.9 Å². The lowest BCUT2D eigenvalue weighted by atomic mass is 10.1. The fourth-order valence-corrected chi connectivity index (χ4v) is 2.37. The first-order valence-electron chi connectivity index (χ1n) is 8.10. The van der Waals surface area contributed by atoms with E-state index in [2.05, 4.69) is 25.9 Å². The van der Waals surface area contributed by atoms with E-state index in [0.29, 0.717) is 11.6 Å². The van der Waals surface area contributed by atoms with E-state index >= 15 is 0 Å². The van der Waals surface area contributed by atoms with Gasteiger partial charge in [-0.15, -0.1) is 10.2 Å². The lowest BCUT2D eigenvalue weighted by molar-refractivity contribution is -0.130. The molecule has 0 aliphatic rings. The first-order valence-corrected chi connectivity index (χ1v) is 8.10. The Balaban J connectivity index is 1.52. The third kappa shape index (κ3) is 4.42. The molecule has 3 N–H and O–H groups in total. The van der Waals surface area contributed by atoms with Crippen molar-refractivity contribution in [3.8, 4) is 17.1 Å². The molecule has 26 heavy (non-hydrogen) atoms. The molecule has 1 amide bonds. The highest BCUT2D eigenvalue weighted by Gasteiger charge is 2.16. The quantitative estimate of drug-likeness (QED) is 0.589. The topological polar surface area (TPSA) is 113 Å². The van der Waals surface area contributed by atoms with Crippen LogP contribution in [0.25, 0.3) is 11.4 Å². The molecule has 0 bridgehead atoms. The van der Waals surface area contributed by atoms with E-state index in [0.717, 1.165) is 16.7 Å². The van der Waals surface area contributed by atoms with Crippen LogP contribution in [0.1, 0.15) is 11.1 Å². The van der Waals surface area contributed by atoms with Crippen LogP contribution in [0, 0.1) is 6.92 Å². The van der Waals surface area contributed by atoms with Gasteiger partial charge in [-0.25, -0.2) is 0 Å². The summed E-state index contributed by atoms with van der Waals surface area (Å²) in [5, 5.41) is 26.4. The molecule has 1 atom stereocenters. The molecule has 0 aliphatic carbocycles. The van der Waals surface area contributed by atoms with Crippen molar-refractivity contribution in [3.63, 3.8) is 0 Å². The van der Waals surface area contributed by atoms with Gasteiger partial charge in [-0.3, -0.25) is 4.79 Å². The Morgan fingerprint density at radius 3 is 2.88 bits per heavy atom. The Kier molecular flexibility index (Phi) is 5.55. The molecule has 0 fully saturated rings. The van der Waals surface area contributed by atoms with E-state index in [1.165, 1.54) is 0 Å². The number of aliphatic hydroxyl groups excluding tert-OH is 1. The van der Waals surface area contributed by atoms with Crippen LogP contribution in [0.2, 0.25) is 0 Å². The maximum absolute atomic E-state index is 12.1. The number of benzene rings is 2. The van der Waals surface area contributed by atoms with Gasteiger partial charge in [0.2, 0.25) is 5.82 Å². The number of nitrogens with zero attached hydrogens (tertiary/aromatic N) is 3. The number of amides is 1. The number of tetrazole rings is 1. The second-order valence-electron chi connectivity index (χ2n) is 5.75. The number of hydrogen-bond donors (Lipinski definition) is 3. The number of aromatic nitrogens is 4. The van der Waals surface area contributed by atoms with E-state index in [-0.39, 0.29) is 13.2 Å². The molecule has 134 valence electrons. The number of para-hydroxylation sites is 1. The van der Waals surface area contributed by atoms with Gasteiger partial charge < -0.3 is 15.2 Å². The van der Waals surface area contributed by atoms with E-state index < -0.39 is 12.0 Å². The summed E-state index contributed by atoms with van der Waals surface area (Å²) in [7, 11) is 0.